The number of aryl methyl sites for hydroxylation is 2. The summed E-state index contributed by atoms with van der Waals surface area (Å²) in [6.07, 6.45) is 0. The summed E-state index contributed by atoms with van der Waals surface area (Å²) in [5, 5.41) is 9.19. The van der Waals surface area contributed by atoms with Crippen LogP contribution in [0.2, 0.25) is 0 Å². The molecule has 0 unspecified atom stereocenters. The minimum Gasteiger partial charge on any atom is -0.345 e. The van der Waals surface area contributed by atoms with Gasteiger partial charge in [-0.1, -0.05) is 29.8 Å². The molecule has 17 heavy (non-hydrogen) atoms. The first kappa shape index (κ1) is 11.3. The zero-order valence-electron chi connectivity index (χ0n) is 9.82. The first-order chi connectivity index (χ1) is 8.15. The number of nitrogens with zero attached hydrogens (tertiary/aromatic N) is 2. The number of hydrogen-bond donors (Lipinski definition) is 2. The Morgan fingerprint density at radius 2 is 2.00 bits per heavy atom. The van der Waals surface area contributed by atoms with E-state index >= 15 is 0 Å². The van der Waals surface area contributed by atoms with Gasteiger partial charge in [-0.3, -0.25) is 9.89 Å². The highest BCUT2D eigenvalue weighted by Gasteiger charge is 2.09. The Bertz CT molecular complexity index is 516. The first-order valence-corrected chi connectivity index (χ1v) is 5.38. The fourth-order valence-electron chi connectivity index (χ4n) is 1.41. The maximum Gasteiger partial charge on any atom is 0.291 e. The molecule has 0 saturated carbocycles. The van der Waals surface area contributed by atoms with E-state index in [1.54, 1.807) is 6.92 Å². The molecule has 2 aromatic rings. The van der Waals surface area contributed by atoms with Gasteiger partial charge in [-0.05, 0) is 19.4 Å². The third kappa shape index (κ3) is 2.90. The van der Waals surface area contributed by atoms with Gasteiger partial charge in [0.2, 0.25) is 5.82 Å². The van der Waals surface area contributed by atoms with Gasteiger partial charge in [-0.15, -0.1) is 5.10 Å². The number of rotatable bonds is 3. The van der Waals surface area contributed by atoms with Gasteiger partial charge in [-0.25, -0.2) is 4.98 Å². The maximum atomic E-state index is 11.6. The molecule has 0 saturated heterocycles. The second kappa shape index (κ2) is 4.78. The Hall–Kier alpha value is -2.17. The third-order valence-corrected chi connectivity index (χ3v) is 2.37. The zero-order chi connectivity index (χ0) is 12.3. The summed E-state index contributed by atoms with van der Waals surface area (Å²) < 4.78 is 0. The molecule has 0 bridgehead atoms. The lowest BCUT2D eigenvalue weighted by Gasteiger charge is -2.03. The van der Waals surface area contributed by atoms with E-state index in [1.807, 2.05) is 31.2 Å². The van der Waals surface area contributed by atoms with E-state index in [2.05, 4.69) is 20.5 Å². The molecule has 1 heterocycles. The van der Waals surface area contributed by atoms with Crippen molar-refractivity contribution >= 4 is 5.91 Å². The highest BCUT2D eigenvalue weighted by molar-refractivity contribution is 5.90. The van der Waals surface area contributed by atoms with Crippen molar-refractivity contribution in [1.82, 2.24) is 20.5 Å². The predicted molar refractivity (Wildman–Crippen MR) is 63.5 cm³/mol. The molecule has 1 aromatic heterocycles. The van der Waals surface area contributed by atoms with Gasteiger partial charge in [0.05, 0.1) is 0 Å². The average Bonchev–Trinajstić information content (AvgIpc) is 2.75. The van der Waals surface area contributed by atoms with Crippen LogP contribution < -0.4 is 5.32 Å². The summed E-state index contributed by atoms with van der Waals surface area (Å²) in [4.78, 5) is 15.6. The van der Waals surface area contributed by atoms with Crippen LogP contribution in [-0.2, 0) is 6.54 Å². The number of nitrogens with one attached hydrogen (secondary N) is 2. The van der Waals surface area contributed by atoms with E-state index in [0.29, 0.717) is 12.4 Å². The summed E-state index contributed by atoms with van der Waals surface area (Å²) in [5.74, 6) is 0.537. The molecular weight excluding hydrogens is 216 g/mol. The molecule has 5 nitrogen and oxygen atoms in total. The SMILES string of the molecule is Cc1ccc(CNC(=O)c2n[nH]c(C)n2)cc1. The monoisotopic (exact) mass is 230 g/mol. The van der Waals surface area contributed by atoms with Crippen molar-refractivity contribution in [2.24, 2.45) is 0 Å². The van der Waals surface area contributed by atoms with Crippen molar-refractivity contribution in [3.05, 3.63) is 47.0 Å². The largest absolute Gasteiger partial charge is 0.345 e. The quantitative estimate of drug-likeness (QED) is 0.836. The van der Waals surface area contributed by atoms with Crippen molar-refractivity contribution in [2.45, 2.75) is 20.4 Å². The lowest BCUT2D eigenvalue weighted by atomic mass is 10.1. The molecule has 0 aliphatic rings. The average molecular weight is 230 g/mol. The molecule has 5 heteroatoms. The summed E-state index contributed by atoms with van der Waals surface area (Å²) in [7, 11) is 0. The molecule has 2 rings (SSSR count). The molecule has 0 fully saturated rings. The van der Waals surface area contributed by atoms with Crippen LogP contribution in [-0.4, -0.2) is 21.1 Å². The normalized spacial score (nSPS) is 10.2. The van der Waals surface area contributed by atoms with Crippen LogP contribution in [0.5, 0.6) is 0 Å². The molecule has 0 atom stereocenters. The Balaban J connectivity index is 1.94. The van der Waals surface area contributed by atoms with E-state index in [0.717, 1.165) is 5.56 Å². The standard InChI is InChI=1S/C12H14N4O/c1-8-3-5-10(6-4-8)7-13-12(17)11-14-9(2)15-16-11/h3-6H,7H2,1-2H3,(H,13,17)(H,14,15,16). The Morgan fingerprint density at radius 3 is 2.59 bits per heavy atom. The number of carbonyl (C=O) groups excluding carboxylic acids is 1. The molecule has 0 aliphatic carbocycles. The van der Waals surface area contributed by atoms with E-state index in [9.17, 15) is 4.79 Å². The van der Waals surface area contributed by atoms with Crippen LogP contribution in [0.1, 0.15) is 27.6 Å². The number of hydrogen-bond acceptors (Lipinski definition) is 3. The van der Waals surface area contributed by atoms with Gasteiger partial charge in [0.15, 0.2) is 0 Å². The Labute approximate surface area is 99.3 Å². The summed E-state index contributed by atoms with van der Waals surface area (Å²) >= 11 is 0. The number of aromatic nitrogens is 3. The second-order valence-corrected chi connectivity index (χ2v) is 3.91. The van der Waals surface area contributed by atoms with Crippen molar-refractivity contribution in [2.75, 3.05) is 0 Å². The Morgan fingerprint density at radius 1 is 1.29 bits per heavy atom. The minimum atomic E-state index is -0.269. The fraction of sp³-hybridized carbons (Fsp3) is 0.250. The lowest BCUT2D eigenvalue weighted by Crippen LogP contribution is -2.24. The van der Waals surface area contributed by atoms with Crippen molar-refractivity contribution in [3.63, 3.8) is 0 Å². The number of amides is 1. The minimum absolute atomic E-state index is 0.176. The van der Waals surface area contributed by atoms with Gasteiger partial charge >= 0.3 is 0 Å². The van der Waals surface area contributed by atoms with Crippen molar-refractivity contribution in [1.29, 1.82) is 0 Å². The molecule has 0 aliphatic heterocycles. The molecule has 2 N–H and O–H groups in total. The Kier molecular flexibility index (Phi) is 3.18. The summed E-state index contributed by atoms with van der Waals surface area (Å²) in [6, 6.07) is 7.99. The highest BCUT2D eigenvalue weighted by atomic mass is 16.2. The molecule has 0 spiro atoms. The lowest BCUT2D eigenvalue weighted by molar-refractivity contribution is 0.0941. The maximum absolute atomic E-state index is 11.6. The van der Waals surface area contributed by atoms with Gasteiger partial charge in [0.1, 0.15) is 5.82 Å². The topological polar surface area (TPSA) is 70.7 Å². The third-order valence-electron chi connectivity index (χ3n) is 2.37. The van der Waals surface area contributed by atoms with Crippen LogP contribution in [0.25, 0.3) is 0 Å². The van der Waals surface area contributed by atoms with Gasteiger partial charge in [-0.2, -0.15) is 0 Å². The van der Waals surface area contributed by atoms with Crippen molar-refractivity contribution in [3.8, 4) is 0 Å². The molecular formula is C12H14N4O. The second-order valence-electron chi connectivity index (χ2n) is 3.91. The van der Waals surface area contributed by atoms with Crippen LogP contribution in [0.3, 0.4) is 0 Å². The van der Waals surface area contributed by atoms with E-state index < -0.39 is 0 Å². The fourth-order valence-corrected chi connectivity index (χ4v) is 1.41. The van der Waals surface area contributed by atoms with E-state index in [4.69, 9.17) is 0 Å². The van der Waals surface area contributed by atoms with E-state index in [-0.39, 0.29) is 11.7 Å². The van der Waals surface area contributed by atoms with Gasteiger partial charge in [0, 0.05) is 6.54 Å². The zero-order valence-corrected chi connectivity index (χ0v) is 9.82. The van der Waals surface area contributed by atoms with Gasteiger partial charge < -0.3 is 5.32 Å². The van der Waals surface area contributed by atoms with Crippen LogP contribution in [0.15, 0.2) is 24.3 Å². The number of aromatic amines is 1. The van der Waals surface area contributed by atoms with E-state index in [1.165, 1.54) is 5.56 Å². The van der Waals surface area contributed by atoms with Crippen molar-refractivity contribution < 1.29 is 4.79 Å². The summed E-state index contributed by atoms with van der Waals surface area (Å²) in [6.45, 7) is 4.26. The van der Waals surface area contributed by atoms with Gasteiger partial charge in [0.25, 0.3) is 5.91 Å². The first-order valence-electron chi connectivity index (χ1n) is 5.38. The van der Waals surface area contributed by atoms with Crippen LogP contribution >= 0.6 is 0 Å². The number of H-pyrrole nitrogens is 1. The molecule has 0 radical (unpaired) electrons. The smallest absolute Gasteiger partial charge is 0.291 e. The van der Waals surface area contributed by atoms with Crippen LogP contribution in [0, 0.1) is 13.8 Å². The molecule has 1 aromatic carbocycles. The number of carbonyl (C=O) groups is 1. The molecule has 1 amide bonds. The molecule has 88 valence electrons. The van der Waals surface area contributed by atoms with Crippen LogP contribution in [0.4, 0.5) is 0 Å². The highest BCUT2D eigenvalue weighted by Crippen LogP contribution is 2.02. The predicted octanol–water partition coefficient (Wildman–Crippen LogP) is 1.35. The summed E-state index contributed by atoms with van der Waals surface area (Å²) in [5.41, 5.74) is 2.25. The number of benzene rings is 1.